The summed E-state index contributed by atoms with van der Waals surface area (Å²) in [6, 6.07) is 8.88. The van der Waals surface area contributed by atoms with E-state index < -0.39 is 0 Å². The van der Waals surface area contributed by atoms with Crippen LogP contribution >= 0.6 is 0 Å². The van der Waals surface area contributed by atoms with Gasteiger partial charge in [0.25, 0.3) is 11.8 Å². The third-order valence-electron chi connectivity index (χ3n) is 7.17. The van der Waals surface area contributed by atoms with Crippen LogP contribution in [0.3, 0.4) is 0 Å². The predicted molar refractivity (Wildman–Crippen MR) is 137 cm³/mol. The molecular formula is C27H33N7O2. The second-order valence-electron chi connectivity index (χ2n) is 9.98. The van der Waals surface area contributed by atoms with Gasteiger partial charge in [0, 0.05) is 25.5 Å². The summed E-state index contributed by atoms with van der Waals surface area (Å²) in [5, 5.41) is 7.28. The van der Waals surface area contributed by atoms with E-state index in [1.807, 2.05) is 40.9 Å². The first-order valence-corrected chi connectivity index (χ1v) is 12.7. The Morgan fingerprint density at radius 2 is 1.89 bits per heavy atom. The van der Waals surface area contributed by atoms with Crippen molar-refractivity contribution < 1.29 is 9.59 Å². The summed E-state index contributed by atoms with van der Waals surface area (Å²) in [6.45, 7) is 5.67. The van der Waals surface area contributed by atoms with Crippen molar-refractivity contribution in [2.24, 2.45) is 5.92 Å². The molecule has 1 N–H and O–H groups in total. The molecule has 2 fully saturated rings. The molecule has 188 valence electrons. The van der Waals surface area contributed by atoms with Crippen molar-refractivity contribution in [2.45, 2.75) is 45.2 Å². The highest BCUT2D eigenvalue weighted by atomic mass is 16.2. The van der Waals surface area contributed by atoms with E-state index in [4.69, 9.17) is 0 Å². The highest BCUT2D eigenvalue weighted by Gasteiger charge is 2.32. The fraction of sp³-hybridized carbons (Fsp3) is 0.444. The first-order chi connectivity index (χ1) is 17.5. The van der Waals surface area contributed by atoms with Crippen molar-refractivity contribution in [2.75, 3.05) is 32.0 Å². The SMILES string of the molecule is Cc1ccc(NC(=O)c2cccc([C@@H]3CCCN3C(=O)c3cnn(CC4CCN(C)CC4)c3)n2)nc1. The number of aromatic nitrogens is 4. The Morgan fingerprint density at radius 3 is 2.67 bits per heavy atom. The van der Waals surface area contributed by atoms with Crippen LogP contribution in [0.5, 0.6) is 0 Å². The van der Waals surface area contributed by atoms with Gasteiger partial charge in [-0.3, -0.25) is 14.3 Å². The van der Waals surface area contributed by atoms with E-state index >= 15 is 0 Å². The average Bonchev–Trinajstić information content (AvgIpc) is 3.57. The number of anilines is 1. The van der Waals surface area contributed by atoms with Gasteiger partial charge in [0.05, 0.1) is 23.5 Å². The number of aryl methyl sites for hydroxylation is 1. The Labute approximate surface area is 211 Å². The van der Waals surface area contributed by atoms with Crippen molar-refractivity contribution >= 4 is 17.6 Å². The van der Waals surface area contributed by atoms with E-state index in [-0.39, 0.29) is 17.9 Å². The number of rotatable bonds is 6. The number of nitrogens with zero attached hydrogens (tertiary/aromatic N) is 6. The highest BCUT2D eigenvalue weighted by molar-refractivity contribution is 6.02. The number of hydrogen-bond donors (Lipinski definition) is 1. The number of hydrogen-bond acceptors (Lipinski definition) is 6. The van der Waals surface area contributed by atoms with Crippen molar-refractivity contribution in [3.05, 3.63) is 71.4 Å². The van der Waals surface area contributed by atoms with Gasteiger partial charge in [-0.05, 0) is 82.4 Å². The molecule has 0 spiro atoms. The number of likely N-dealkylation sites (tertiary alicyclic amines) is 2. The molecule has 2 aliphatic heterocycles. The maximum atomic E-state index is 13.4. The summed E-state index contributed by atoms with van der Waals surface area (Å²) in [4.78, 5) is 39.3. The summed E-state index contributed by atoms with van der Waals surface area (Å²) >= 11 is 0. The van der Waals surface area contributed by atoms with Gasteiger partial charge in [-0.25, -0.2) is 9.97 Å². The lowest BCUT2D eigenvalue weighted by Crippen LogP contribution is -2.32. The third-order valence-corrected chi connectivity index (χ3v) is 7.17. The van der Waals surface area contributed by atoms with Crippen LogP contribution in [0.25, 0.3) is 0 Å². The van der Waals surface area contributed by atoms with E-state index in [1.165, 1.54) is 0 Å². The summed E-state index contributed by atoms with van der Waals surface area (Å²) in [6.07, 6.45) is 9.28. The maximum Gasteiger partial charge on any atom is 0.275 e. The summed E-state index contributed by atoms with van der Waals surface area (Å²) in [7, 11) is 2.16. The zero-order chi connectivity index (χ0) is 25.1. The van der Waals surface area contributed by atoms with Crippen molar-refractivity contribution in [3.63, 3.8) is 0 Å². The quantitative estimate of drug-likeness (QED) is 0.571. The fourth-order valence-corrected chi connectivity index (χ4v) is 5.05. The zero-order valence-electron chi connectivity index (χ0n) is 20.9. The van der Waals surface area contributed by atoms with Crippen molar-refractivity contribution in [1.82, 2.24) is 29.5 Å². The van der Waals surface area contributed by atoms with Crippen LogP contribution in [0.2, 0.25) is 0 Å². The molecule has 2 amide bonds. The largest absolute Gasteiger partial charge is 0.330 e. The first-order valence-electron chi connectivity index (χ1n) is 12.7. The monoisotopic (exact) mass is 487 g/mol. The highest BCUT2D eigenvalue weighted by Crippen LogP contribution is 2.32. The molecule has 5 heterocycles. The second-order valence-corrected chi connectivity index (χ2v) is 9.98. The minimum Gasteiger partial charge on any atom is -0.330 e. The number of nitrogens with one attached hydrogen (secondary N) is 1. The van der Waals surface area contributed by atoms with Crippen molar-refractivity contribution in [1.29, 1.82) is 0 Å². The molecule has 0 saturated carbocycles. The number of carbonyl (C=O) groups excluding carboxylic acids is 2. The lowest BCUT2D eigenvalue weighted by Gasteiger charge is -2.28. The Hall–Kier alpha value is -3.59. The minimum atomic E-state index is -0.320. The minimum absolute atomic E-state index is 0.0346. The lowest BCUT2D eigenvalue weighted by molar-refractivity contribution is 0.0732. The number of piperidine rings is 1. The van der Waals surface area contributed by atoms with Crippen LogP contribution in [0.4, 0.5) is 5.82 Å². The van der Waals surface area contributed by atoms with E-state index in [0.29, 0.717) is 29.5 Å². The molecule has 0 unspecified atom stereocenters. The fourth-order valence-electron chi connectivity index (χ4n) is 5.05. The Morgan fingerprint density at radius 1 is 1.06 bits per heavy atom. The molecule has 0 aliphatic carbocycles. The lowest BCUT2D eigenvalue weighted by atomic mass is 9.97. The van der Waals surface area contributed by atoms with E-state index in [9.17, 15) is 9.59 Å². The summed E-state index contributed by atoms with van der Waals surface area (Å²) < 4.78 is 1.91. The summed E-state index contributed by atoms with van der Waals surface area (Å²) in [5.74, 6) is 0.719. The molecule has 0 aromatic carbocycles. The van der Waals surface area contributed by atoms with Crippen LogP contribution in [0.1, 0.15) is 63.8 Å². The molecule has 9 nitrogen and oxygen atoms in total. The van der Waals surface area contributed by atoms with Gasteiger partial charge in [0.1, 0.15) is 11.5 Å². The maximum absolute atomic E-state index is 13.4. The molecule has 9 heteroatoms. The average molecular weight is 488 g/mol. The summed E-state index contributed by atoms with van der Waals surface area (Å²) in [5.41, 5.74) is 2.66. The molecule has 1 atom stereocenters. The van der Waals surface area contributed by atoms with Crippen LogP contribution in [-0.4, -0.2) is 68.0 Å². The number of pyridine rings is 2. The Balaban J connectivity index is 1.26. The normalized spacial score (nSPS) is 18.9. The Bertz CT molecular complexity index is 1210. The van der Waals surface area contributed by atoms with Crippen molar-refractivity contribution in [3.8, 4) is 0 Å². The number of carbonyl (C=O) groups is 2. The van der Waals surface area contributed by atoms with Gasteiger partial charge < -0.3 is 15.1 Å². The molecule has 0 radical (unpaired) electrons. The topological polar surface area (TPSA) is 96.2 Å². The second kappa shape index (κ2) is 10.6. The van der Waals surface area contributed by atoms with Crippen LogP contribution < -0.4 is 5.32 Å². The van der Waals surface area contributed by atoms with Crippen LogP contribution in [-0.2, 0) is 6.54 Å². The molecular weight excluding hydrogens is 454 g/mol. The van der Waals surface area contributed by atoms with E-state index in [0.717, 1.165) is 56.6 Å². The number of amides is 2. The van der Waals surface area contributed by atoms with Gasteiger partial charge in [0.2, 0.25) is 0 Å². The van der Waals surface area contributed by atoms with Crippen LogP contribution in [0, 0.1) is 12.8 Å². The molecule has 2 aliphatic rings. The van der Waals surface area contributed by atoms with E-state index in [2.05, 4.69) is 32.3 Å². The van der Waals surface area contributed by atoms with Gasteiger partial charge >= 0.3 is 0 Å². The van der Waals surface area contributed by atoms with Gasteiger partial charge in [-0.1, -0.05) is 12.1 Å². The molecule has 2 saturated heterocycles. The molecule has 0 bridgehead atoms. The third kappa shape index (κ3) is 5.46. The van der Waals surface area contributed by atoms with E-state index in [1.54, 1.807) is 24.5 Å². The van der Waals surface area contributed by atoms with Gasteiger partial charge in [-0.2, -0.15) is 5.10 Å². The predicted octanol–water partition coefficient (Wildman–Crippen LogP) is 3.55. The van der Waals surface area contributed by atoms with Gasteiger partial charge in [0.15, 0.2) is 0 Å². The zero-order valence-corrected chi connectivity index (χ0v) is 20.9. The van der Waals surface area contributed by atoms with Crippen LogP contribution in [0.15, 0.2) is 48.9 Å². The molecule has 3 aromatic rings. The molecule has 3 aromatic heterocycles. The Kier molecular flexibility index (Phi) is 7.09. The first kappa shape index (κ1) is 24.1. The molecule has 36 heavy (non-hydrogen) atoms. The molecule has 5 rings (SSSR count). The smallest absolute Gasteiger partial charge is 0.275 e. The van der Waals surface area contributed by atoms with Gasteiger partial charge in [-0.15, -0.1) is 0 Å². The standard InChI is InChI=1S/C27H33N7O2/c1-19-8-9-25(28-15-19)31-26(35)23-6-3-5-22(30-23)24-7-4-12-34(24)27(36)21-16-29-33(18-21)17-20-10-13-32(2)14-11-20/h3,5-6,8-9,15-16,18,20,24H,4,7,10-14,17H2,1-2H3,(H,28,31,35)/t24-/m0/s1.